The van der Waals surface area contributed by atoms with Crippen LogP contribution in [0.4, 0.5) is 11.4 Å². The molecule has 92 valence electrons. The minimum atomic E-state index is -0.278. The number of phenolic OH excluding ortho intramolecular Hbond substituents is 1. The van der Waals surface area contributed by atoms with Crippen LogP contribution in [0.15, 0.2) is 42.5 Å². The molecular formula is C14H14N2O2. The lowest BCUT2D eigenvalue weighted by Gasteiger charge is -2.08. The Morgan fingerprint density at radius 3 is 2.61 bits per heavy atom. The van der Waals surface area contributed by atoms with Gasteiger partial charge in [-0.2, -0.15) is 0 Å². The van der Waals surface area contributed by atoms with Crippen molar-refractivity contribution < 1.29 is 9.90 Å². The SMILES string of the molecule is Cc1cc(C(=O)Nc2ccccc2O)ccc1N. The third kappa shape index (κ3) is 2.43. The van der Waals surface area contributed by atoms with Crippen LogP contribution in [0, 0.1) is 6.92 Å². The molecule has 0 aliphatic heterocycles. The van der Waals surface area contributed by atoms with Crippen molar-refractivity contribution in [2.45, 2.75) is 6.92 Å². The van der Waals surface area contributed by atoms with E-state index in [0.717, 1.165) is 5.56 Å². The van der Waals surface area contributed by atoms with Crippen LogP contribution < -0.4 is 11.1 Å². The fourth-order valence-corrected chi connectivity index (χ4v) is 1.59. The predicted molar refractivity (Wildman–Crippen MR) is 71.7 cm³/mol. The van der Waals surface area contributed by atoms with Gasteiger partial charge in [0, 0.05) is 11.3 Å². The molecule has 2 rings (SSSR count). The highest BCUT2D eigenvalue weighted by Gasteiger charge is 2.09. The summed E-state index contributed by atoms with van der Waals surface area (Å²) >= 11 is 0. The van der Waals surface area contributed by atoms with Crippen LogP contribution in [0.3, 0.4) is 0 Å². The van der Waals surface area contributed by atoms with E-state index in [1.807, 2.05) is 6.92 Å². The molecule has 0 aromatic heterocycles. The average molecular weight is 242 g/mol. The lowest BCUT2D eigenvalue weighted by Crippen LogP contribution is -2.12. The van der Waals surface area contributed by atoms with Crippen molar-refractivity contribution in [3.05, 3.63) is 53.6 Å². The van der Waals surface area contributed by atoms with Gasteiger partial charge in [-0.25, -0.2) is 0 Å². The van der Waals surface area contributed by atoms with Gasteiger partial charge in [0.15, 0.2) is 0 Å². The first kappa shape index (κ1) is 12.0. The Bertz CT molecular complexity index is 594. The van der Waals surface area contributed by atoms with Gasteiger partial charge in [-0.1, -0.05) is 12.1 Å². The second-order valence-corrected chi connectivity index (χ2v) is 4.04. The van der Waals surface area contributed by atoms with E-state index in [9.17, 15) is 9.90 Å². The first-order chi connectivity index (χ1) is 8.58. The summed E-state index contributed by atoms with van der Waals surface area (Å²) in [5, 5.41) is 12.2. The Balaban J connectivity index is 2.22. The number of rotatable bonds is 2. The van der Waals surface area contributed by atoms with Crippen LogP contribution in [0.2, 0.25) is 0 Å². The Kier molecular flexibility index (Phi) is 3.19. The molecule has 0 unspecified atom stereocenters. The van der Waals surface area contributed by atoms with Gasteiger partial charge in [0.25, 0.3) is 5.91 Å². The number of nitrogen functional groups attached to an aromatic ring is 1. The molecule has 0 spiro atoms. The Hall–Kier alpha value is -2.49. The summed E-state index contributed by atoms with van der Waals surface area (Å²) in [7, 11) is 0. The largest absolute Gasteiger partial charge is 0.506 e. The number of carbonyl (C=O) groups excluding carboxylic acids is 1. The van der Waals surface area contributed by atoms with Crippen molar-refractivity contribution in [2.24, 2.45) is 0 Å². The Labute approximate surface area is 105 Å². The van der Waals surface area contributed by atoms with Gasteiger partial charge in [0.1, 0.15) is 5.75 Å². The van der Waals surface area contributed by atoms with E-state index >= 15 is 0 Å². The zero-order chi connectivity index (χ0) is 13.1. The number of benzene rings is 2. The monoisotopic (exact) mass is 242 g/mol. The summed E-state index contributed by atoms with van der Waals surface area (Å²) in [5.41, 5.74) is 8.08. The number of nitrogens with one attached hydrogen (secondary N) is 1. The van der Waals surface area contributed by atoms with Crippen molar-refractivity contribution in [3.8, 4) is 5.75 Å². The molecule has 0 atom stereocenters. The summed E-state index contributed by atoms with van der Waals surface area (Å²) in [4.78, 5) is 12.0. The second kappa shape index (κ2) is 4.79. The second-order valence-electron chi connectivity index (χ2n) is 4.04. The highest BCUT2D eigenvalue weighted by atomic mass is 16.3. The molecule has 0 saturated heterocycles. The van der Waals surface area contributed by atoms with E-state index in [4.69, 9.17) is 5.73 Å². The van der Waals surface area contributed by atoms with Crippen LogP contribution in [0.5, 0.6) is 5.75 Å². The fourth-order valence-electron chi connectivity index (χ4n) is 1.59. The summed E-state index contributed by atoms with van der Waals surface area (Å²) in [6.07, 6.45) is 0. The molecule has 0 radical (unpaired) electrons. The van der Waals surface area contributed by atoms with Crippen LogP contribution in [0.1, 0.15) is 15.9 Å². The predicted octanol–water partition coefficient (Wildman–Crippen LogP) is 2.54. The van der Waals surface area contributed by atoms with Crippen molar-refractivity contribution in [1.82, 2.24) is 0 Å². The van der Waals surface area contributed by atoms with Gasteiger partial charge >= 0.3 is 0 Å². The first-order valence-corrected chi connectivity index (χ1v) is 5.53. The molecule has 1 amide bonds. The molecule has 18 heavy (non-hydrogen) atoms. The lowest BCUT2D eigenvalue weighted by molar-refractivity contribution is 0.102. The maximum absolute atomic E-state index is 12.0. The lowest BCUT2D eigenvalue weighted by atomic mass is 10.1. The number of aromatic hydroxyl groups is 1. The molecule has 4 N–H and O–H groups in total. The number of para-hydroxylation sites is 2. The van der Waals surface area contributed by atoms with Crippen LogP contribution in [-0.2, 0) is 0 Å². The van der Waals surface area contributed by atoms with Crippen molar-refractivity contribution in [1.29, 1.82) is 0 Å². The van der Waals surface area contributed by atoms with E-state index in [0.29, 0.717) is 16.9 Å². The number of hydrogen-bond acceptors (Lipinski definition) is 3. The maximum atomic E-state index is 12.0. The van der Waals surface area contributed by atoms with Gasteiger partial charge in [-0.3, -0.25) is 4.79 Å². The molecule has 4 nitrogen and oxygen atoms in total. The quantitative estimate of drug-likeness (QED) is 0.559. The molecule has 0 bridgehead atoms. The first-order valence-electron chi connectivity index (χ1n) is 5.53. The number of nitrogens with two attached hydrogens (primary N) is 1. The zero-order valence-electron chi connectivity index (χ0n) is 9.97. The highest BCUT2D eigenvalue weighted by molar-refractivity contribution is 6.05. The number of anilines is 2. The van der Waals surface area contributed by atoms with Crippen LogP contribution >= 0.6 is 0 Å². The number of amides is 1. The molecule has 0 saturated carbocycles. The number of carbonyl (C=O) groups is 1. The molecule has 4 heteroatoms. The molecule has 2 aromatic rings. The highest BCUT2D eigenvalue weighted by Crippen LogP contribution is 2.22. The summed E-state index contributed by atoms with van der Waals surface area (Å²) in [6.45, 7) is 1.84. The maximum Gasteiger partial charge on any atom is 0.255 e. The molecule has 0 aliphatic carbocycles. The Morgan fingerprint density at radius 1 is 1.22 bits per heavy atom. The zero-order valence-corrected chi connectivity index (χ0v) is 9.97. The van der Waals surface area contributed by atoms with Gasteiger partial charge in [0.05, 0.1) is 5.69 Å². The third-order valence-corrected chi connectivity index (χ3v) is 2.68. The van der Waals surface area contributed by atoms with E-state index < -0.39 is 0 Å². The van der Waals surface area contributed by atoms with Gasteiger partial charge in [-0.05, 0) is 42.8 Å². The smallest absolute Gasteiger partial charge is 0.255 e. The summed E-state index contributed by atoms with van der Waals surface area (Å²) < 4.78 is 0. The van der Waals surface area contributed by atoms with E-state index in [1.165, 1.54) is 6.07 Å². The van der Waals surface area contributed by atoms with Gasteiger partial charge in [-0.15, -0.1) is 0 Å². The van der Waals surface area contributed by atoms with Crippen molar-refractivity contribution in [2.75, 3.05) is 11.1 Å². The molecule has 0 aliphatic rings. The summed E-state index contributed by atoms with van der Waals surface area (Å²) in [5.74, 6) is -0.238. The number of aryl methyl sites for hydroxylation is 1. The average Bonchev–Trinajstić information content (AvgIpc) is 2.35. The normalized spacial score (nSPS) is 10.1. The molecule has 0 heterocycles. The summed E-state index contributed by atoms with van der Waals surface area (Å²) in [6, 6.07) is 11.6. The fraction of sp³-hybridized carbons (Fsp3) is 0.0714. The van der Waals surface area contributed by atoms with Crippen molar-refractivity contribution >= 4 is 17.3 Å². The van der Waals surface area contributed by atoms with E-state index in [-0.39, 0.29) is 11.7 Å². The third-order valence-electron chi connectivity index (χ3n) is 2.68. The number of hydrogen-bond donors (Lipinski definition) is 3. The van der Waals surface area contributed by atoms with Gasteiger partial charge < -0.3 is 16.2 Å². The minimum absolute atomic E-state index is 0.0398. The van der Waals surface area contributed by atoms with Gasteiger partial charge in [0.2, 0.25) is 0 Å². The van der Waals surface area contributed by atoms with E-state index in [2.05, 4.69) is 5.32 Å². The Morgan fingerprint density at radius 2 is 1.94 bits per heavy atom. The molecule has 0 fully saturated rings. The molecular weight excluding hydrogens is 228 g/mol. The van der Waals surface area contributed by atoms with Crippen LogP contribution in [0.25, 0.3) is 0 Å². The topological polar surface area (TPSA) is 75.3 Å². The van der Waals surface area contributed by atoms with Crippen LogP contribution in [-0.4, -0.2) is 11.0 Å². The van der Waals surface area contributed by atoms with Crippen molar-refractivity contribution in [3.63, 3.8) is 0 Å². The minimum Gasteiger partial charge on any atom is -0.506 e. The van der Waals surface area contributed by atoms with E-state index in [1.54, 1.807) is 36.4 Å². The standard InChI is InChI=1S/C14H14N2O2/c1-9-8-10(6-7-11(9)15)14(18)16-12-4-2-3-5-13(12)17/h2-8,17H,15H2,1H3,(H,16,18). The molecule has 2 aromatic carbocycles. The number of phenols is 1.